The predicted molar refractivity (Wildman–Crippen MR) is 118 cm³/mol. The fourth-order valence-electron chi connectivity index (χ4n) is 3.16. The van der Waals surface area contributed by atoms with Crippen molar-refractivity contribution in [2.75, 3.05) is 7.11 Å². The summed E-state index contributed by atoms with van der Waals surface area (Å²) in [5, 5.41) is 7.97. The van der Waals surface area contributed by atoms with E-state index in [1.807, 2.05) is 54.6 Å². The molecule has 150 valence electrons. The van der Waals surface area contributed by atoms with Crippen molar-refractivity contribution < 1.29 is 14.3 Å². The van der Waals surface area contributed by atoms with E-state index in [-0.39, 0.29) is 24.3 Å². The first-order valence-corrected chi connectivity index (χ1v) is 10.1. The van der Waals surface area contributed by atoms with Crippen LogP contribution in [0.25, 0.3) is 10.8 Å². The minimum absolute atomic E-state index is 0.124. The summed E-state index contributed by atoms with van der Waals surface area (Å²) in [7, 11) is 1.65. The van der Waals surface area contributed by atoms with Crippen LogP contribution < -0.4 is 15.4 Å². The molecule has 3 aromatic rings. The first kappa shape index (κ1) is 20.9. The molecule has 3 rings (SSSR count). The summed E-state index contributed by atoms with van der Waals surface area (Å²) < 4.78 is 6.19. The van der Waals surface area contributed by atoms with E-state index in [0.717, 1.165) is 32.1 Å². The van der Waals surface area contributed by atoms with Gasteiger partial charge in [-0.2, -0.15) is 0 Å². The van der Waals surface area contributed by atoms with Crippen molar-refractivity contribution in [1.29, 1.82) is 0 Å². The maximum Gasteiger partial charge on any atom is 0.222 e. The number of carbonyl (C=O) groups is 2. The van der Waals surface area contributed by atoms with Gasteiger partial charge in [0.05, 0.1) is 19.6 Å². The first-order chi connectivity index (χ1) is 13.9. The van der Waals surface area contributed by atoms with Gasteiger partial charge in [0.1, 0.15) is 5.75 Å². The van der Waals surface area contributed by atoms with E-state index in [9.17, 15) is 9.59 Å². The average molecular weight is 455 g/mol. The molecule has 3 aromatic carbocycles. The molecule has 0 spiro atoms. The van der Waals surface area contributed by atoms with E-state index < -0.39 is 0 Å². The van der Waals surface area contributed by atoms with Crippen LogP contribution >= 0.6 is 15.9 Å². The maximum atomic E-state index is 12.5. The summed E-state index contributed by atoms with van der Waals surface area (Å²) in [6.07, 6.45) is 0.173. The van der Waals surface area contributed by atoms with Gasteiger partial charge >= 0.3 is 0 Å². The third-order valence-electron chi connectivity index (χ3n) is 4.64. The van der Waals surface area contributed by atoms with Crippen molar-refractivity contribution in [3.63, 3.8) is 0 Å². The van der Waals surface area contributed by atoms with Gasteiger partial charge in [0.2, 0.25) is 11.8 Å². The maximum absolute atomic E-state index is 12.5. The largest absolute Gasteiger partial charge is 0.497 e. The van der Waals surface area contributed by atoms with Crippen LogP contribution in [-0.2, 0) is 16.1 Å². The summed E-state index contributed by atoms with van der Waals surface area (Å²) in [6.45, 7) is 1.88. The Morgan fingerprint density at radius 2 is 1.69 bits per heavy atom. The highest BCUT2D eigenvalue weighted by atomic mass is 79.9. The summed E-state index contributed by atoms with van der Waals surface area (Å²) in [6, 6.07) is 19.2. The molecule has 0 fully saturated rings. The highest BCUT2D eigenvalue weighted by Crippen LogP contribution is 2.22. The molecular weight excluding hydrogens is 432 g/mol. The fraction of sp³-hybridized carbons (Fsp3) is 0.217. The van der Waals surface area contributed by atoms with E-state index in [1.165, 1.54) is 6.92 Å². The third-order valence-corrected chi connectivity index (χ3v) is 5.17. The van der Waals surface area contributed by atoms with Crippen molar-refractivity contribution in [2.45, 2.75) is 25.9 Å². The highest BCUT2D eigenvalue weighted by molar-refractivity contribution is 9.10. The smallest absolute Gasteiger partial charge is 0.222 e. The average Bonchev–Trinajstić information content (AvgIpc) is 2.71. The molecule has 0 saturated heterocycles. The molecule has 0 aliphatic carbocycles. The van der Waals surface area contributed by atoms with Crippen LogP contribution in [0.15, 0.2) is 65.1 Å². The van der Waals surface area contributed by atoms with Crippen LogP contribution in [0.3, 0.4) is 0 Å². The second-order valence-corrected chi connectivity index (χ2v) is 7.75. The molecular formula is C23H23BrN2O3. The third kappa shape index (κ3) is 5.81. The van der Waals surface area contributed by atoms with Gasteiger partial charge in [-0.3, -0.25) is 9.59 Å². The molecule has 0 radical (unpaired) electrons. The predicted octanol–water partition coefficient (Wildman–Crippen LogP) is 4.49. The Morgan fingerprint density at radius 3 is 2.38 bits per heavy atom. The van der Waals surface area contributed by atoms with Gasteiger partial charge in [0.15, 0.2) is 0 Å². The van der Waals surface area contributed by atoms with Crippen molar-refractivity contribution in [3.05, 3.63) is 76.3 Å². The summed E-state index contributed by atoms with van der Waals surface area (Å²) in [5.74, 6) is 0.521. The number of ether oxygens (including phenoxy) is 1. The van der Waals surface area contributed by atoms with Gasteiger partial charge < -0.3 is 15.4 Å². The molecule has 0 aromatic heterocycles. The van der Waals surface area contributed by atoms with E-state index >= 15 is 0 Å². The molecule has 0 bridgehead atoms. The zero-order valence-electron chi connectivity index (χ0n) is 16.4. The second kappa shape index (κ2) is 9.56. The zero-order chi connectivity index (χ0) is 20.8. The minimum atomic E-state index is -0.371. The molecule has 0 heterocycles. The number of rotatable bonds is 7. The van der Waals surface area contributed by atoms with Crippen LogP contribution in [0.5, 0.6) is 5.75 Å². The summed E-state index contributed by atoms with van der Waals surface area (Å²) in [4.78, 5) is 24.1. The molecule has 2 N–H and O–H groups in total. The Balaban J connectivity index is 1.64. The van der Waals surface area contributed by atoms with E-state index in [1.54, 1.807) is 7.11 Å². The quantitative estimate of drug-likeness (QED) is 0.552. The van der Waals surface area contributed by atoms with Crippen LogP contribution in [0, 0.1) is 0 Å². The highest BCUT2D eigenvalue weighted by Gasteiger charge is 2.17. The lowest BCUT2D eigenvalue weighted by molar-refractivity contribution is -0.122. The van der Waals surface area contributed by atoms with Crippen LogP contribution in [-0.4, -0.2) is 18.9 Å². The van der Waals surface area contributed by atoms with Gasteiger partial charge in [0.25, 0.3) is 0 Å². The summed E-state index contributed by atoms with van der Waals surface area (Å²) in [5.41, 5.74) is 1.90. The number of methoxy groups -OCH3 is 1. The minimum Gasteiger partial charge on any atom is -0.497 e. The number of hydrogen-bond donors (Lipinski definition) is 2. The Bertz CT molecular complexity index is 1020. The van der Waals surface area contributed by atoms with Gasteiger partial charge in [0, 0.05) is 17.9 Å². The van der Waals surface area contributed by atoms with Crippen molar-refractivity contribution in [2.24, 2.45) is 0 Å². The van der Waals surface area contributed by atoms with Gasteiger partial charge in [-0.05, 0) is 52.2 Å². The fourth-order valence-corrected chi connectivity index (χ4v) is 3.43. The molecule has 5 nitrogen and oxygen atoms in total. The molecule has 2 amide bonds. The molecule has 0 saturated carbocycles. The van der Waals surface area contributed by atoms with Crippen LogP contribution in [0.4, 0.5) is 0 Å². The zero-order valence-corrected chi connectivity index (χ0v) is 18.0. The topological polar surface area (TPSA) is 67.4 Å². The lowest BCUT2D eigenvalue weighted by atomic mass is 10.0. The lowest BCUT2D eigenvalue weighted by Crippen LogP contribution is -2.32. The second-order valence-electron chi connectivity index (χ2n) is 6.83. The number of benzene rings is 3. The van der Waals surface area contributed by atoms with Crippen molar-refractivity contribution in [1.82, 2.24) is 10.6 Å². The Hall–Kier alpha value is -2.86. The summed E-state index contributed by atoms with van der Waals surface area (Å²) >= 11 is 3.40. The van der Waals surface area contributed by atoms with Crippen molar-refractivity contribution in [3.8, 4) is 5.75 Å². The first-order valence-electron chi connectivity index (χ1n) is 9.30. The van der Waals surface area contributed by atoms with E-state index in [2.05, 4.69) is 32.6 Å². The Kier molecular flexibility index (Phi) is 6.88. The monoisotopic (exact) mass is 454 g/mol. The number of carbonyl (C=O) groups excluding carboxylic acids is 2. The van der Waals surface area contributed by atoms with Crippen LogP contribution in [0.2, 0.25) is 0 Å². The van der Waals surface area contributed by atoms with Gasteiger partial charge in [-0.15, -0.1) is 0 Å². The molecule has 0 aliphatic heterocycles. The van der Waals surface area contributed by atoms with Crippen LogP contribution in [0.1, 0.15) is 30.5 Å². The molecule has 0 aliphatic rings. The van der Waals surface area contributed by atoms with Gasteiger partial charge in [-0.1, -0.05) is 46.3 Å². The van der Waals surface area contributed by atoms with Gasteiger partial charge in [-0.25, -0.2) is 0 Å². The lowest BCUT2D eigenvalue weighted by Gasteiger charge is -2.18. The Morgan fingerprint density at radius 1 is 1.00 bits per heavy atom. The number of fused-ring (bicyclic) bond motifs is 1. The number of hydrogen-bond acceptors (Lipinski definition) is 3. The molecule has 1 atom stereocenters. The van der Waals surface area contributed by atoms with E-state index in [0.29, 0.717) is 6.54 Å². The molecule has 29 heavy (non-hydrogen) atoms. The normalized spacial score (nSPS) is 11.7. The number of nitrogens with one attached hydrogen (secondary N) is 2. The molecule has 1 unspecified atom stereocenters. The number of halogens is 1. The van der Waals surface area contributed by atoms with Crippen molar-refractivity contribution >= 4 is 38.5 Å². The number of amides is 2. The SMILES string of the molecule is COc1ccc2cc(CNC(=O)CC(NC(C)=O)c3ccc(Br)cc3)ccc2c1. The molecule has 6 heteroatoms. The van der Waals surface area contributed by atoms with E-state index in [4.69, 9.17) is 4.74 Å². The standard InChI is InChI=1S/C23H23BrN2O3/c1-15(27)26-22(17-5-8-20(24)9-6-17)13-23(28)25-14-16-3-4-19-12-21(29-2)10-7-18(19)11-16/h3-12,22H,13-14H2,1-2H3,(H,25,28)(H,26,27). The Labute approximate surface area is 178 Å².